The lowest BCUT2D eigenvalue weighted by molar-refractivity contribution is -0.120. The van der Waals surface area contributed by atoms with Crippen molar-refractivity contribution in [3.8, 4) is 11.4 Å². The molecule has 6 nitrogen and oxygen atoms in total. The van der Waals surface area contributed by atoms with Crippen LogP contribution >= 0.6 is 11.6 Å². The third kappa shape index (κ3) is 3.72. The van der Waals surface area contributed by atoms with Crippen molar-refractivity contribution in [3.05, 3.63) is 47.5 Å². The molecule has 1 saturated heterocycles. The Kier molecular flexibility index (Phi) is 4.68. The van der Waals surface area contributed by atoms with E-state index in [4.69, 9.17) is 11.6 Å². The molecule has 0 radical (unpaired) electrons. The predicted molar refractivity (Wildman–Crippen MR) is 106 cm³/mol. The zero-order chi connectivity index (χ0) is 19.0. The maximum absolute atomic E-state index is 12.5. The number of imidazole rings is 1. The van der Waals surface area contributed by atoms with Crippen LogP contribution in [-0.4, -0.2) is 34.2 Å². The first-order valence-corrected chi connectivity index (χ1v) is 9.18. The van der Waals surface area contributed by atoms with Crippen LogP contribution in [0.5, 0.6) is 0 Å². The van der Waals surface area contributed by atoms with Crippen LogP contribution in [0.2, 0.25) is 5.02 Å². The molecule has 3 aromatic rings. The Morgan fingerprint density at radius 2 is 2.07 bits per heavy atom. The average Bonchev–Trinajstić information content (AvgIpc) is 3.29. The van der Waals surface area contributed by atoms with Gasteiger partial charge in [0.25, 0.3) is 0 Å². The third-order valence-electron chi connectivity index (χ3n) is 4.87. The van der Waals surface area contributed by atoms with Crippen LogP contribution in [-0.2, 0) is 9.59 Å². The zero-order valence-electron chi connectivity index (χ0n) is 14.8. The van der Waals surface area contributed by atoms with E-state index < -0.39 is 0 Å². The monoisotopic (exact) mass is 382 g/mol. The largest absolute Gasteiger partial charge is 0.338 e. The van der Waals surface area contributed by atoms with Gasteiger partial charge >= 0.3 is 0 Å². The standard InChI is InChI=1S/C20H19ClN4O2/c1-11(26)13-8-18(22-10-13)20(27)23-15-4-2-3-12(7-15)19-24-16-6-5-14(21)9-17(16)25-19/h2-7,9,13,18,22H,8,10H2,1H3,(H,23,27)(H,24,25). The predicted octanol–water partition coefficient (Wildman–Crippen LogP) is 3.39. The first-order chi connectivity index (χ1) is 13.0. The summed E-state index contributed by atoms with van der Waals surface area (Å²) in [4.78, 5) is 31.8. The molecule has 2 unspecified atom stereocenters. The molecule has 2 heterocycles. The number of benzene rings is 2. The van der Waals surface area contributed by atoms with Crippen molar-refractivity contribution in [1.82, 2.24) is 15.3 Å². The van der Waals surface area contributed by atoms with Crippen molar-refractivity contribution in [2.24, 2.45) is 5.92 Å². The van der Waals surface area contributed by atoms with Gasteiger partial charge in [-0.2, -0.15) is 0 Å². The van der Waals surface area contributed by atoms with Crippen molar-refractivity contribution in [1.29, 1.82) is 0 Å². The minimum Gasteiger partial charge on any atom is -0.338 e. The second-order valence-electron chi connectivity index (χ2n) is 6.82. The summed E-state index contributed by atoms with van der Waals surface area (Å²) >= 11 is 6.03. The number of carbonyl (C=O) groups is 2. The molecule has 1 fully saturated rings. The highest BCUT2D eigenvalue weighted by atomic mass is 35.5. The van der Waals surface area contributed by atoms with Crippen molar-refractivity contribution >= 4 is 40.0 Å². The maximum Gasteiger partial charge on any atom is 0.241 e. The fraction of sp³-hybridized carbons (Fsp3) is 0.250. The van der Waals surface area contributed by atoms with Crippen molar-refractivity contribution in [2.45, 2.75) is 19.4 Å². The highest BCUT2D eigenvalue weighted by Gasteiger charge is 2.31. The van der Waals surface area contributed by atoms with Gasteiger partial charge in [-0.05, 0) is 43.7 Å². The smallest absolute Gasteiger partial charge is 0.241 e. The minimum atomic E-state index is -0.351. The van der Waals surface area contributed by atoms with E-state index in [0.29, 0.717) is 29.5 Å². The van der Waals surface area contributed by atoms with Gasteiger partial charge in [-0.15, -0.1) is 0 Å². The normalized spacial score (nSPS) is 19.3. The molecular weight excluding hydrogens is 364 g/mol. The lowest BCUT2D eigenvalue weighted by atomic mass is 10.0. The molecule has 2 aromatic carbocycles. The summed E-state index contributed by atoms with van der Waals surface area (Å²) in [5.74, 6) is 0.602. The van der Waals surface area contributed by atoms with Crippen LogP contribution in [0.3, 0.4) is 0 Å². The molecule has 1 aliphatic heterocycles. The Balaban J connectivity index is 1.52. The molecule has 3 N–H and O–H groups in total. The Hall–Kier alpha value is -2.70. The van der Waals surface area contributed by atoms with E-state index in [1.807, 2.05) is 36.4 Å². The number of amides is 1. The second-order valence-corrected chi connectivity index (χ2v) is 7.26. The van der Waals surface area contributed by atoms with E-state index in [1.54, 1.807) is 13.0 Å². The van der Waals surface area contributed by atoms with Crippen LogP contribution in [0.15, 0.2) is 42.5 Å². The number of aromatic amines is 1. The van der Waals surface area contributed by atoms with Gasteiger partial charge in [0.15, 0.2) is 0 Å². The molecule has 0 aliphatic carbocycles. The molecule has 0 bridgehead atoms. The summed E-state index contributed by atoms with van der Waals surface area (Å²) in [6.45, 7) is 2.12. The number of rotatable bonds is 4. The van der Waals surface area contributed by atoms with Gasteiger partial charge in [-0.1, -0.05) is 23.7 Å². The van der Waals surface area contributed by atoms with Crippen molar-refractivity contribution in [2.75, 3.05) is 11.9 Å². The number of nitrogens with one attached hydrogen (secondary N) is 3. The van der Waals surface area contributed by atoms with Gasteiger partial charge < -0.3 is 15.6 Å². The van der Waals surface area contributed by atoms with Gasteiger partial charge in [-0.3, -0.25) is 9.59 Å². The number of Topliss-reactive ketones (excluding diaryl/α,β-unsaturated/α-hetero) is 1. The first-order valence-electron chi connectivity index (χ1n) is 8.80. The third-order valence-corrected chi connectivity index (χ3v) is 5.10. The number of anilines is 1. The fourth-order valence-electron chi connectivity index (χ4n) is 3.34. The molecule has 27 heavy (non-hydrogen) atoms. The number of aromatic nitrogens is 2. The first kappa shape index (κ1) is 17.7. The Morgan fingerprint density at radius 1 is 1.22 bits per heavy atom. The molecule has 7 heteroatoms. The number of fused-ring (bicyclic) bond motifs is 1. The Bertz CT molecular complexity index is 1030. The van der Waals surface area contributed by atoms with Gasteiger partial charge in [0, 0.05) is 28.7 Å². The number of H-pyrrole nitrogens is 1. The summed E-state index contributed by atoms with van der Waals surface area (Å²) in [7, 11) is 0. The Morgan fingerprint density at radius 3 is 2.85 bits per heavy atom. The van der Waals surface area contributed by atoms with E-state index in [-0.39, 0.29) is 23.7 Å². The van der Waals surface area contributed by atoms with Gasteiger partial charge in [0.1, 0.15) is 11.6 Å². The van der Waals surface area contributed by atoms with E-state index in [9.17, 15) is 9.59 Å². The van der Waals surface area contributed by atoms with Crippen LogP contribution in [0.1, 0.15) is 13.3 Å². The van der Waals surface area contributed by atoms with Gasteiger partial charge in [0.05, 0.1) is 17.1 Å². The number of halogens is 1. The number of hydrogen-bond acceptors (Lipinski definition) is 4. The zero-order valence-corrected chi connectivity index (χ0v) is 15.5. The van der Waals surface area contributed by atoms with Gasteiger partial charge in [0.2, 0.25) is 5.91 Å². The maximum atomic E-state index is 12.5. The summed E-state index contributed by atoms with van der Waals surface area (Å²) in [5, 5.41) is 6.68. The molecule has 4 rings (SSSR count). The molecule has 1 aromatic heterocycles. The van der Waals surface area contributed by atoms with Crippen LogP contribution in [0.25, 0.3) is 22.4 Å². The fourth-order valence-corrected chi connectivity index (χ4v) is 3.51. The van der Waals surface area contributed by atoms with Crippen LogP contribution < -0.4 is 10.6 Å². The molecular formula is C20H19ClN4O2. The summed E-state index contributed by atoms with van der Waals surface area (Å²) in [6.07, 6.45) is 0.533. The minimum absolute atomic E-state index is 0.0885. The van der Waals surface area contributed by atoms with E-state index in [1.165, 1.54) is 0 Å². The Labute approximate surface area is 161 Å². The number of carbonyl (C=O) groups excluding carboxylic acids is 2. The number of hydrogen-bond donors (Lipinski definition) is 3. The average molecular weight is 383 g/mol. The second kappa shape index (κ2) is 7.13. The quantitative estimate of drug-likeness (QED) is 0.645. The SMILES string of the molecule is CC(=O)C1CNC(C(=O)Nc2cccc(-c3nc4ccc(Cl)cc4[nH]3)c2)C1. The highest BCUT2D eigenvalue weighted by Crippen LogP contribution is 2.25. The number of ketones is 1. The molecule has 1 amide bonds. The van der Waals surface area contributed by atoms with E-state index in [0.717, 1.165) is 16.6 Å². The summed E-state index contributed by atoms with van der Waals surface area (Å²) in [5.41, 5.74) is 3.23. The molecule has 0 spiro atoms. The molecule has 1 aliphatic rings. The topological polar surface area (TPSA) is 86.9 Å². The lowest BCUT2D eigenvalue weighted by Crippen LogP contribution is -2.35. The van der Waals surface area contributed by atoms with Gasteiger partial charge in [-0.25, -0.2) is 4.98 Å². The van der Waals surface area contributed by atoms with Crippen molar-refractivity contribution < 1.29 is 9.59 Å². The molecule has 0 saturated carbocycles. The highest BCUT2D eigenvalue weighted by molar-refractivity contribution is 6.31. The summed E-state index contributed by atoms with van der Waals surface area (Å²) in [6, 6.07) is 12.6. The lowest BCUT2D eigenvalue weighted by Gasteiger charge is -2.12. The summed E-state index contributed by atoms with van der Waals surface area (Å²) < 4.78 is 0. The molecule has 138 valence electrons. The van der Waals surface area contributed by atoms with E-state index >= 15 is 0 Å². The van der Waals surface area contributed by atoms with Crippen LogP contribution in [0.4, 0.5) is 5.69 Å². The van der Waals surface area contributed by atoms with Crippen LogP contribution in [0, 0.1) is 5.92 Å². The number of nitrogens with zero attached hydrogens (tertiary/aromatic N) is 1. The molecule has 2 atom stereocenters. The van der Waals surface area contributed by atoms with E-state index in [2.05, 4.69) is 20.6 Å². The van der Waals surface area contributed by atoms with Crippen molar-refractivity contribution in [3.63, 3.8) is 0 Å².